The van der Waals surface area contributed by atoms with Crippen LogP contribution in [-0.2, 0) is 0 Å². The Kier molecular flexibility index (Phi) is 3.71. The highest BCUT2D eigenvalue weighted by Crippen LogP contribution is 2.20. The van der Waals surface area contributed by atoms with E-state index in [0.29, 0.717) is 16.7 Å². The maximum absolute atomic E-state index is 6.11. The number of nitrogens with zero attached hydrogens (tertiary/aromatic N) is 2. The Morgan fingerprint density at radius 2 is 2.24 bits per heavy atom. The van der Waals surface area contributed by atoms with E-state index in [1.165, 1.54) is 0 Å². The van der Waals surface area contributed by atoms with Crippen LogP contribution < -0.4 is 9.40 Å². The minimum Gasteiger partial charge on any atom is -0.332 e. The van der Waals surface area contributed by atoms with Gasteiger partial charge in [0.15, 0.2) is 18.5 Å². The summed E-state index contributed by atoms with van der Waals surface area (Å²) >= 11 is 11.9. The van der Waals surface area contributed by atoms with Crippen LogP contribution in [0.15, 0.2) is 49.6 Å². The predicted molar refractivity (Wildman–Crippen MR) is 67.6 cm³/mol. The molecule has 3 nitrogen and oxygen atoms in total. The zero-order valence-electron chi connectivity index (χ0n) is 9.01. The monoisotopic (exact) mass is 269 g/mol. The van der Waals surface area contributed by atoms with Gasteiger partial charge >= 0.3 is 0 Å². The van der Waals surface area contributed by atoms with Gasteiger partial charge in [-0.25, -0.2) is 0 Å². The lowest BCUT2D eigenvalue weighted by molar-refractivity contribution is -0.596. The first kappa shape index (κ1) is 12.0. The molecule has 0 aliphatic heterocycles. The molecule has 1 aromatic carbocycles. The van der Waals surface area contributed by atoms with Crippen LogP contribution in [0.25, 0.3) is 5.69 Å². The van der Waals surface area contributed by atoms with Crippen molar-refractivity contribution in [2.24, 2.45) is 0 Å². The van der Waals surface area contributed by atoms with Gasteiger partial charge in [-0.1, -0.05) is 34.5 Å². The minimum atomic E-state index is 0.447. The molecule has 0 aliphatic carbocycles. The molecule has 88 valence electrons. The molecule has 0 fully saturated rings. The third-order valence-corrected chi connectivity index (χ3v) is 2.68. The van der Waals surface area contributed by atoms with E-state index in [4.69, 9.17) is 28.0 Å². The average molecular weight is 270 g/mol. The smallest absolute Gasteiger partial charge is 0.289 e. The Labute approximate surface area is 109 Å². The summed E-state index contributed by atoms with van der Waals surface area (Å²) in [5.41, 5.74) is 0.844. The van der Waals surface area contributed by atoms with Crippen LogP contribution in [0, 0.1) is 0 Å². The first-order chi connectivity index (χ1) is 8.20. The molecule has 0 saturated carbocycles. The van der Waals surface area contributed by atoms with E-state index in [-0.39, 0.29) is 0 Å². The van der Waals surface area contributed by atoms with Crippen molar-refractivity contribution < 1.29 is 9.40 Å². The number of rotatable bonds is 4. The molecular formula is C12H11Cl2N2O+. The van der Waals surface area contributed by atoms with Crippen molar-refractivity contribution in [1.29, 1.82) is 0 Å². The van der Waals surface area contributed by atoms with Crippen molar-refractivity contribution in [2.45, 2.75) is 0 Å². The third-order valence-electron chi connectivity index (χ3n) is 2.14. The van der Waals surface area contributed by atoms with E-state index in [0.717, 1.165) is 5.69 Å². The topological polar surface area (TPSA) is 18.0 Å². The van der Waals surface area contributed by atoms with E-state index in [1.54, 1.807) is 35.5 Å². The molecule has 0 bridgehead atoms. The summed E-state index contributed by atoms with van der Waals surface area (Å²) in [5, 5.41) is 1.20. The van der Waals surface area contributed by atoms with Crippen LogP contribution >= 0.6 is 23.2 Å². The van der Waals surface area contributed by atoms with Crippen LogP contribution in [0.2, 0.25) is 10.0 Å². The Bertz CT molecular complexity index is 537. The van der Waals surface area contributed by atoms with Crippen LogP contribution in [0.5, 0.6) is 0 Å². The lowest BCUT2D eigenvalue weighted by Crippen LogP contribution is -2.28. The summed E-state index contributed by atoms with van der Waals surface area (Å²) in [6, 6.07) is 5.34. The number of hydrogen-bond acceptors (Lipinski definition) is 1. The lowest BCUT2D eigenvalue weighted by Gasteiger charge is -1.99. The molecule has 0 amide bonds. The molecule has 0 atom stereocenters. The quantitative estimate of drug-likeness (QED) is 0.617. The van der Waals surface area contributed by atoms with Crippen LogP contribution in [0.3, 0.4) is 0 Å². The van der Waals surface area contributed by atoms with Gasteiger partial charge in [0.05, 0.1) is 5.02 Å². The first-order valence-electron chi connectivity index (χ1n) is 4.99. The Morgan fingerprint density at radius 1 is 1.41 bits per heavy atom. The summed E-state index contributed by atoms with van der Waals surface area (Å²) in [6.45, 7) is 4.03. The van der Waals surface area contributed by atoms with Gasteiger partial charge in [0.2, 0.25) is 0 Å². The molecule has 17 heavy (non-hydrogen) atoms. The highest BCUT2D eigenvalue weighted by molar-refractivity contribution is 6.35. The molecular weight excluding hydrogens is 259 g/mol. The van der Waals surface area contributed by atoms with E-state index < -0.39 is 0 Å². The van der Waals surface area contributed by atoms with Crippen molar-refractivity contribution in [3.63, 3.8) is 0 Å². The molecule has 0 spiro atoms. The van der Waals surface area contributed by atoms with Gasteiger partial charge in [-0.05, 0) is 24.3 Å². The molecule has 0 radical (unpaired) electrons. The minimum absolute atomic E-state index is 0.447. The van der Waals surface area contributed by atoms with Gasteiger partial charge in [0.25, 0.3) is 6.33 Å². The molecule has 0 aliphatic rings. The zero-order chi connectivity index (χ0) is 12.3. The summed E-state index contributed by atoms with van der Waals surface area (Å²) in [6.07, 6.45) is 7.09. The molecule has 1 aromatic heterocycles. The fourth-order valence-electron chi connectivity index (χ4n) is 1.39. The van der Waals surface area contributed by atoms with Crippen LogP contribution in [0.1, 0.15) is 0 Å². The lowest BCUT2D eigenvalue weighted by atomic mass is 10.3. The number of aromatic nitrogens is 2. The fraction of sp³-hybridized carbons (Fsp3) is 0.0833. The second kappa shape index (κ2) is 5.25. The van der Waals surface area contributed by atoms with Gasteiger partial charge in [0.1, 0.15) is 6.20 Å². The largest absolute Gasteiger partial charge is 0.332 e. The second-order valence-corrected chi connectivity index (χ2v) is 4.20. The summed E-state index contributed by atoms with van der Waals surface area (Å²) in [5.74, 6) is 0. The maximum atomic E-state index is 6.11. The van der Waals surface area contributed by atoms with Gasteiger partial charge in [-0.3, -0.25) is 0 Å². The highest BCUT2D eigenvalue weighted by atomic mass is 35.5. The third kappa shape index (κ3) is 2.81. The maximum Gasteiger partial charge on any atom is 0.289 e. The number of benzene rings is 1. The van der Waals surface area contributed by atoms with Gasteiger partial charge in [-0.2, -0.15) is 4.57 Å². The van der Waals surface area contributed by atoms with Crippen molar-refractivity contribution in [2.75, 3.05) is 6.61 Å². The molecule has 0 N–H and O–H groups in total. The number of hydrogen-bond donors (Lipinski definition) is 0. The summed E-state index contributed by atoms with van der Waals surface area (Å²) in [7, 11) is 0. The molecule has 2 aromatic rings. The van der Waals surface area contributed by atoms with Crippen molar-refractivity contribution >= 4 is 23.2 Å². The average Bonchev–Trinajstić information content (AvgIpc) is 2.75. The van der Waals surface area contributed by atoms with Crippen LogP contribution in [0.4, 0.5) is 0 Å². The van der Waals surface area contributed by atoms with E-state index in [1.807, 2.05) is 16.8 Å². The number of halogens is 2. The molecule has 0 unspecified atom stereocenters. The van der Waals surface area contributed by atoms with Gasteiger partial charge in [0, 0.05) is 5.02 Å². The summed E-state index contributed by atoms with van der Waals surface area (Å²) < 4.78 is 3.44. The predicted octanol–water partition coefficient (Wildman–Crippen LogP) is 2.69. The normalized spacial score (nSPS) is 10.2. The molecule has 5 heteroatoms. The van der Waals surface area contributed by atoms with Crippen molar-refractivity contribution in [1.82, 2.24) is 4.73 Å². The van der Waals surface area contributed by atoms with Crippen LogP contribution in [-0.4, -0.2) is 11.3 Å². The molecule has 1 heterocycles. The SMILES string of the molecule is C=CCOn1cc[n+](-c2ccc(Cl)cc2Cl)c1. The highest BCUT2D eigenvalue weighted by Gasteiger charge is 2.11. The van der Waals surface area contributed by atoms with Gasteiger partial charge < -0.3 is 4.84 Å². The standard InChI is InChI=1S/C12H11Cl2N2O/c1-2-7-17-16-6-5-15(9-16)12-4-3-10(13)8-11(12)14/h2-6,8-9H,1,7H2/q+1. The molecule has 2 rings (SSSR count). The van der Waals surface area contributed by atoms with Crippen molar-refractivity contribution in [3.8, 4) is 5.69 Å². The molecule has 0 saturated heterocycles. The Morgan fingerprint density at radius 3 is 2.94 bits per heavy atom. The van der Waals surface area contributed by atoms with E-state index in [2.05, 4.69) is 6.58 Å². The van der Waals surface area contributed by atoms with E-state index in [9.17, 15) is 0 Å². The van der Waals surface area contributed by atoms with Crippen molar-refractivity contribution in [3.05, 3.63) is 59.6 Å². The fourth-order valence-corrected chi connectivity index (χ4v) is 1.89. The van der Waals surface area contributed by atoms with E-state index >= 15 is 0 Å². The first-order valence-corrected chi connectivity index (χ1v) is 5.75. The summed E-state index contributed by atoms with van der Waals surface area (Å²) in [4.78, 5) is 5.33. The zero-order valence-corrected chi connectivity index (χ0v) is 10.5. The Hall–Kier alpha value is -1.45. The van der Waals surface area contributed by atoms with Gasteiger partial charge in [-0.15, -0.1) is 0 Å². The second-order valence-electron chi connectivity index (χ2n) is 3.36. The Balaban J connectivity index is 2.27. The number of imidazole rings is 1.